The molecule has 0 spiro atoms. The van der Waals surface area contributed by atoms with E-state index in [0.717, 1.165) is 33.9 Å². The Hall–Kier alpha value is -3.01. The molecule has 3 aromatic rings. The maximum Gasteiger partial charge on any atom is 0.223 e. The van der Waals surface area contributed by atoms with Gasteiger partial charge in [-0.05, 0) is 35.9 Å². The van der Waals surface area contributed by atoms with Crippen LogP contribution in [0.25, 0.3) is 0 Å². The molecule has 0 saturated carbocycles. The van der Waals surface area contributed by atoms with Gasteiger partial charge in [0.25, 0.3) is 0 Å². The molecule has 4 heteroatoms. The molecule has 114 valence electrons. The Morgan fingerprint density at radius 1 is 1.00 bits per heavy atom. The van der Waals surface area contributed by atoms with Crippen molar-refractivity contribution in [1.82, 2.24) is 4.98 Å². The van der Waals surface area contributed by atoms with E-state index >= 15 is 0 Å². The van der Waals surface area contributed by atoms with Gasteiger partial charge in [0.15, 0.2) is 0 Å². The summed E-state index contributed by atoms with van der Waals surface area (Å²) in [5.41, 5.74) is 10.1. The molecule has 0 bridgehead atoms. The van der Waals surface area contributed by atoms with Crippen LogP contribution in [-0.2, 0) is 0 Å². The van der Waals surface area contributed by atoms with Gasteiger partial charge < -0.3 is 15.2 Å². The van der Waals surface area contributed by atoms with E-state index in [1.807, 2.05) is 48.5 Å². The number of nitrogens with two attached hydrogens (primary N) is 1. The SMILES string of the molecule is COc1ccc(N)c(C2c3ccccc3Oc3ncccc32)c1. The van der Waals surface area contributed by atoms with Crippen LogP contribution in [0.5, 0.6) is 17.4 Å². The second-order valence-corrected chi connectivity index (χ2v) is 5.47. The van der Waals surface area contributed by atoms with Crippen molar-refractivity contribution in [3.05, 3.63) is 77.5 Å². The number of nitrogens with zero attached hydrogens (tertiary/aromatic N) is 1. The standard InChI is InChI=1S/C19H16N2O2/c1-22-12-8-9-16(20)15(11-12)18-13-5-2-3-7-17(13)23-19-14(18)6-4-10-21-19/h2-11,18H,20H2,1H3. The Balaban J connectivity index is 1.98. The third kappa shape index (κ3) is 2.19. The first-order chi connectivity index (χ1) is 11.3. The van der Waals surface area contributed by atoms with E-state index in [0.29, 0.717) is 5.88 Å². The molecule has 1 aromatic heterocycles. The number of hydrogen-bond donors (Lipinski definition) is 1. The summed E-state index contributed by atoms with van der Waals surface area (Å²) >= 11 is 0. The van der Waals surface area contributed by atoms with E-state index in [1.54, 1.807) is 13.3 Å². The molecule has 2 N–H and O–H groups in total. The number of aromatic nitrogens is 1. The van der Waals surface area contributed by atoms with Crippen molar-refractivity contribution in [2.75, 3.05) is 12.8 Å². The van der Waals surface area contributed by atoms with Gasteiger partial charge >= 0.3 is 0 Å². The molecule has 1 aliphatic rings. The van der Waals surface area contributed by atoms with Crippen LogP contribution in [0.3, 0.4) is 0 Å². The summed E-state index contributed by atoms with van der Waals surface area (Å²) in [7, 11) is 1.66. The molecular weight excluding hydrogens is 288 g/mol. The van der Waals surface area contributed by atoms with Gasteiger partial charge in [-0.25, -0.2) is 4.98 Å². The predicted molar refractivity (Wildman–Crippen MR) is 89.1 cm³/mol. The fraction of sp³-hybridized carbons (Fsp3) is 0.105. The lowest BCUT2D eigenvalue weighted by atomic mass is 9.83. The first-order valence-corrected chi connectivity index (χ1v) is 7.43. The molecule has 0 saturated heterocycles. The van der Waals surface area contributed by atoms with Crippen molar-refractivity contribution in [2.24, 2.45) is 0 Å². The van der Waals surface area contributed by atoms with Gasteiger partial charge in [-0.2, -0.15) is 0 Å². The van der Waals surface area contributed by atoms with Crippen LogP contribution in [-0.4, -0.2) is 12.1 Å². The third-order valence-corrected chi connectivity index (χ3v) is 4.15. The molecule has 1 unspecified atom stereocenters. The van der Waals surface area contributed by atoms with Crippen LogP contribution in [0.4, 0.5) is 5.69 Å². The average molecular weight is 304 g/mol. The summed E-state index contributed by atoms with van der Waals surface area (Å²) in [6, 6.07) is 17.7. The van der Waals surface area contributed by atoms with Crippen LogP contribution in [0.15, 0.2) is 60.8 Å². The summed E-state index contributed by atoms with van der Waals surface area (Å²) in [6.45, 7) is 0. The number of rotatable bonds is 2. The fourth-order valence-corrected chi connectivity index (χ4v) is 3.06. The second-order valence-electron chi connectivity index (χ2n) is 5.47. The largest absolute Gasteiger partial charge is 0.497 e. The Morgan fingerprint density at radius 3 is 2.70 bits per heavy atom. The molecule has 0 radical (unpaired) electrons. The molecule has 2 aromatic carbocycles. The van der Waals surface area contributed by atoms with Crippen LogP contribution < -0.4 is 15.2 Å². The molecule has 4 rings (SSSR count). The van der Waals surface area contributed by atoms with Crippen molar-refractivity contribution in [2.45, 2.75) is 5.92 Å². The quantitative estimate of drug-likeness (QED) is 0.570. The Labute approximate surface area is 134 Å². The van der Waals surface area contributed by atoms with E-state index < -0.39 is 0 Å². The minimum Gasteiger partial charge on any atom is -0.497 e. The summed E-state index contributed by atoms with van der Waals surface area (Å²) < 4.78 is 11.3. The Bertz CT molecular complexity index is 831. The monoisotopic (exact) mass is 304 g/mol. The highest BCUT2D eigenvalue weighted by molar-refractivity contribution is 5.63. The Morgan fingerprint density at radius 2 is 1.83 bits per heavy atom. The lowest BCUT2D eigenvalue weighted by molar-refractivity contribution is 0.413. The summed E-state index contributed by atoms with van der Waals surface area (Å²) in [5, 5.41) is 0. The van der Waals surface area contributed by atoms with Gasteiger partial charge in [-0.1, -0.05) is 24.3 Å². The minimum atomic E-state index is -0.0289. The highest BCUT2D eigenvalue weighted by Gasteiger charge is 2.30. The van der Waals surface area contributed by atoms with E-state index in [2.05, 4.69) is 11.1 Å². The van der Waals surface area contributed by atoms with Crippen LogP contribution in [0.2, 0.25) is 0 Å². The third-order valence-electron chi connectivity index (χ3n) is 4.15. The number of ether oxygens (including phenoxy) is 2. The van der Waals surface area contributed by atoms with Gasteiger partial charge in [-0.3, -0.25) is 0 Å². The number of hydrogen-bond acceptors (Lipinski definition) is 4. The summed E-state index contributed by atoms with van der Waals surface area (Å²) in [5.74, 6) is 2.19. The number of methoxy groups -OCH3 is 1. The van der Waals surface area contributed by atoms with E-state index in [1.165, 1.54) is 0 Å². The highest BCUT2D eigenvalue weighted by atomic mass is 16.5. The molecule has 0 amide bonds. The van der Waals surface area contributed by atoms with Gasteiger partial charge in [-0.15, -0.1) is 0 Å². The molecule has 1 aliphatic heterocycles. The smallest absolute Gasteiger partial charge is 0.223 e. The van der Waals surface area contributed by atoms with Crippen molar-refractivity contribution in [1.29, 1.82) is 0 Å². The van der Waals surface area contributed by atoms with Crippen molar-refractivity contribution < 1.29 is 9.47 Å². The number of anilines is 1. The van der Waals surface area contributed by atoms with Gasteiger partial charge in [0.2, 0.25) is 5.88 Å². The lowest BCUT2D eigenvalue weighted by Gasteiger charge is -2.28. The lowest BCUT2D eigenvalue weighted by Crippen LogP contribution is -2.14. The molecule has 1 atom stereocenters. The zero-order chi connectivity index (χ0) is 15.8. The molecule has 4 nitrogen and oxygen atoms in total. The predicted octanol–water partition coefficient (Wildman–Crippen LogP) is 3.96. The van der Waals surface area contributed by atoms with Crippen LogP contribution in [0, 0.1) is 0 Å². The van der Waals surface area contributed by atoms with Crippen LogP contribution >= 0.6 is 0 Å². The minimum absolute atomic E-state index is 0.0289. The number of nitrogen functional groups attached to an aromatic ring is 1. The first kappa shape index (κ1) is 13.6. The number of para-hydroxylation sites is 1. The maximum absolute atomic E-state index is 6.27. The molecular formula is C19H16N2O2. The molecule has 23 heavy (non-hydrogen) atoms. The summed E-state index contributed by atoms with van der Waals surface area (Å²) in [6.07, 6.45) is 1.73. The first-order valence-electron chi connectivity index (χ1n) is 7.43. The molecule has 2 heterocycles. The van der Waals surface area contributed by atoms with Crippen molar-refractivity contribution >= 4 is 5.69 Å². The van der Waals surface area contributed by atoms with Gasteiger partial charge in [0.05, 0.1) is 7.11 Å². The van der Waals surface area contributed by atoms with Gasteiger partial charge in [0.1, 0.15) is 11.5 Å². The van der Waals surface area contributed by atoms with E-state index in [4.69, 9.17) is 15.2 Å². The number of benzene rings is 2. The fourth-order valence-electron chi connectivity index (χ4n) is 3.06. The van der Waals surface area contributed by atoms with E-state index in [9.17, 15) is 0 Å². The zero-order valence-electron chi connectivity index (χ0n) is 12.7. The Kier molecular flexibility index (Phi) is 3.15. The normalized spacial score (nSPS) is 15.3. The topological polar surface area (TPSA) is 57.4 Å². The average Bonchev–Trinajstić information content (AvgIpc) is 2.60. The molecule has 0 fully saturated rings. The van der Waals surface area contributed by atoms with Crippen molar-refractivity contribution in [3.8, 4) is 17.4 Å². The zero-order valence-corrected chi connectivity index (χ0v) is 12.7. The van der Waals surface area contributed by atoms with Crippen molar-refractivity contribution in [3.63, 3.8) is 0 Å². The van der Waals surface area contributed by atoms with E-state index in [-0.39, 0.29) is 5.92 Å². The second kappa shape index (κ2) is 5.32. The number of fused-ring (bicyclic) bond motifs is 2. The number of pyridine rings is 1. The summed E-state index contributed by atoms with van der Waals surface area (Å²) in [4.78, 5) is 4.37. The highest BCUT2D eigenvalue weighted by Crippen LogP contribution is 2.47. The van der Waals surface area contributed by atoms with Crippen LogP contribution in [0.1, 0.15) is 22.6 Å². The molecule has 0 aliphatic carbocycles. The maximum atomic E-state index is 6.27. The van der Waals surface area contributed by atoms with Gasteiger partial charge in [0, 0.05) is 28.9 Å².